The van der Waals surface area contributed by atoms with Gasteiger partial charge < -0.3 is 5.32 Å². The fraction of sp³-hybridized carbons (Fsp3) is 0.0952. The number of carbonyl (C=O) groups excluding carboxylic acids is 1. The highest BCUT2D eigenvalue weighted by molar-refractivity contribution is 6.32. The van der Waals surface area contributed by atoms with Gasteiger partial charge in [0.05, 0.1) is 11.4 Å². The first-order valence-electron chi connectivity index (χ1n) is 8.44. The van der Waals surface area contributed by atoms with Gasteiger partial charge in [-0.05, 0) is 36.8 Å². The molecule has 3 rings (SSSR count). The standard InChI is InChI=1S/C21H16Cl2N4O/c1-14-19(20(23)27(26-14)18-9-5-8-17(22)11-18)10-16(12-24)21(28)25-13-15-6-3-2-4-7-15/h2-11H,13H2,1H3,(H,25,28)/b16-10+. The molecule has 3 aromatic rings. The van der Waals surface area contributed by atoms with Gasteiger partial charge in [-0.25, -0.2) is 4.68 Å². The van der Waals surface area contributed by atoms with E-state index >= 15 is 0 Å². The number of hydrogen-bond acceptors (Lipinski definition) is 3. The number of nitriles is 1. The molecule has 0 saturated carbocycles. The Balaban J connectivity index is 1.86. The maximum absolute atomic E-state index is 12.4. The summed E-state index contributed by atoms with van der Waals surface area (Å²) in [4.78, 5) is 12.4. The van der Waals surface area contributed by atoms with Crippen LogP contribution in [0.15, 0.2) is 60.2 Å². The van der Waals surface area contributed by atoms with Crippen molar-refractivity contribution in [3.63, 3.8) is 0 Å². The molecule has 0 aliphatic heterocycles. The smallest absolute Gasteiger partial charge is 0.262 e. The minimum Gasteiger partial charge on any atom is -0.347 e. The molecule has 1 aromatic heterocycles. The number of nitrogens with zero attached hydrogens (tertiary/aromatic N) is 3. The van der Waals surface area contributed by atoms with Crippen LogP contribution in [0.5, 0.6) is 0 Å². The third kappa shape index (κ3) is 4.42. The van der Waals surface area contributed by atoms with Gasteiger partial charge in [0.25, 0.3) is 5.91 Å². The molecule has 1 amide bonds. The zero-order chi connectivity index (χ0) is 20.1. The quantitative estimate of drug-likeness (QED) is 0.488. The van der Waals surface area contributed by atoms with Gasteiger partial charge in [-0.15, -0.1) is 0 Å². The summed E-state index contributed by atoms with van der Waals surface area (Å²) >= 11 is 12.5. The molecule has 0 atom stereocenters. The van der Waals surface area contributed by atoms with Crippen molar-refractivity contribution in [1.29, 1.82) is 5.26 Å². The van der Waals surface area contributed by atoms with Crippen molar-refractivity contribution in [3.8, 4) is 11.8 Å². The highest BCUT2D eigenvalue weighted by atomic mass is 35.5. The highest BCUT2D eigenvalue weighted by Gasteiger charge is 2.16. The van der Waals surface area contributed by atoms with Crippen LogP contribution in [0.3, 0.4) is 0 Å². The van der Waals surface area contributed by atoms with E-state index in [-0.39, 0.29) is 5.57 Å². The number of halogens is 2. The van der Waals surface area contributed by atoms with E-state index in [1.54, 1.807) is 25.1 Å². The number of hydrogen-bond donors (Lipinski definition) is 1. The van der Waals surface area contributed by atoms with Crippen LogP contribution < -0.4 is 5.32 Å². The van der Waals surface area contributed by atoms with Crippen LogP contribution >= 0.6 is 23.2 Å². The monoisotopic (exact) mass is 410 g/mol. The maximum atomic E-state index is 12.4. The number of carbonyl (C=O) groups is 1. The van der Waals surface area contributed by atoms with Gasteiger partial charge in [0, 0.05) is 17.1 Å². The largest absolute Gasteiger partial charge is 0.347 e. The van der Waals surface area contributed by atoms with Gasteiger partial charge in [-0.2, -0.15) is 10.4 Å². The number of rotatable bonds is 5. The van der Waals surface area contributed by atoms with E-state index in [9.17, 15) is 10.1 Å². The van der Waals surface area contributed by atoms with E-state index in [2.05, 4.69) is 10.4 Å². The van der Waals surface area contributed by atoms with Crippen molar-refractivity contribution >= 4 is 35.2 Å². The number of benzene rings is 2. The van der Waals surface area contributed by atoms with Crippen LogP contribution in [-0.4, -0.2) is 15.7 Å². The summed E-state index contributed by atoms with van der Waals surface area (Å²) in [5.74, 6) is -0.475. The van der Waals surface area contributed by atoms with E-state index in [0.717, 1.165) is 5.56 Å². The minimum atomic E-state index is -0.475. The van der Waals surface area contributed by atoms with Crippen molar-refractivity contribution in [2.75, 3.05) is 0 Å². The average molecular weight is 411 g/mol. The lowest BCUT2D eigenvalue weighted by atomic mass is 10.1. The highest BCUT2D eigenvalue weighted by Crippen LogP contribution is 2.26. The van der Waals surface area contributed by atoms with Crippen molar-refractivity contribution in [3.05, 3.63) is 87.2 Å². The van der Waals surface area contributed by atoms with E-state index in [4.69, 9.17) is 23.2 Å². The van der Waals surface area contributed by atoms with Crippen LogP contribution in [0.1, 0.15) is 16.8 Å². The van der Waals surface area contributed by atoms with Crippen LogP contribution in [0.2, 0.25) is 10.2 Å². The predicted molar refractivity (Wildman–Crippen MR) is 110 cm³/mol. The molecule has 0 unspecified atom stereocenters. The normalized spacial score (nSPS) is 11.1. The molecular weight excluding hydrogens is 395 g/mol. The summed E-state index contributed by atoms with van der Waals surface area (Å²) in [6.45, 7) is 2.09. The van der Waals surface area contributed by atoms with Crippen molar-refractivity contribution in [2.24, 2.45) is 0 Å². The maximum Gasteiger partial charge on any atom is 0.262 e. The molecule has 0 fully saturated rings. The molecule has 0 aliphatic carbocycles. The van der Waals surface area contributed by atoms with Crippen LogP contribution in [0.4, 0.5) is 0 Å². The molecule has 0 bridgehead atoms. The van der Waals surface area contributed by atoms with Crippen molar-refractivity contribution in [2.45, 2.75) is 13.5 Å². The second-order valence-electron chi connectivity index (χ2n) is 6.02. The summed E-state index contributed by atoms with van der Waals surface area (Å²) in [6.07, 6.45) is 1.45. The van der Waals surface area contributed by atoms with E-state index in [1.807, 2.05) is 42.5 Å². The first kappa shape index (κ1) is 19.7. The molecule has 1 heterocycles. The summed E-state index contributed by atoms with van der Waals surface area (Å²) in [7, 11) is 0. The summed E-state index contributed by atoms with van der Waals surface area (Å²) < 4.78 is 1.52. The number of amides is 1. The Morgan fingerprint density at radius 3 is 2.64 bits per heavy atom. The third-order valence-electron chi connectivity index (χ3n) is 4.05. The minimum absolute atomic E-state index is 0.0495. The Kier molecular flexibility index (Phi) is 6.15. The van der Waals surface area contributed by atoms with E-state index in [1.165, 1.54) is 10.8 Å². The molecule has 0 saturated heterocycles. The lowest BCUT2D eigenvalue weighted by Gasteiger charge is -2.05. The molecule has 0 spiro atoms. The lowest BCUT2D eigenvalue weighted by Crippen LogP contribution is -2.23. The molecule has 28 heavy (non-hydrogen) atoms. The molecule has 2 aromatic carbocycles. The van der Waals surface area contributed by atoms with Gasteiger partial charge in [0.1, 0.15) is 16.8 Å². The molecule has 7 heteroatoms. The summed E-state index contributed by atoms with van der Waals surface area (Å²) in [5.41, 5.74) is 2.68. The summed E-state index contributed by atoms with van der Waals surface area (Å²) in [6, 6.07) is 18.5. The number of nitrogens with one attached hydrogen (secondary N) is 1. The third-order valence-corrected chi connectivity index (χ3v) is 4.65. The summed E-state index contributed by atoms with van der Waals surface area (Å²) in [5, 5.41) is 17.4. The Hall–Kier alpha value is -3.07. The Morgan fingerprint density at radius 2 is 1.96 bits per heavy atom. The molecule has 140 valence electrons. The van der Waals surface area contributed by atoms with Gasteiger partial charge >= 0.3 is 0 Å². The van der Waals surface area contributed by atoms with Gasteiger partial charge in [-0.3, -0.25) is 4.79 Å². The van der Waals surface area contributed by atoms with Crippen molar-refractivity contribution in [1.82, 2.24) is 15.1 Å². The topological polar surface area (TPSA) is 70.7 Å². The Bertz CT molecular complexity index is 1080. The van der Waals surface area contributed by atoms with Gasteiger partial charge in [-0.1, -0.05) is 59.6 Å². The van der Waals surface area contributed by atoms with E-state index in [0.29, 0.717) is 33.7 Å². The lowest BCUT2D eigenvalue weighted by molar-refractivity contribution is -0.117. The molecule has 1 N–H and O–H groups in total. The molecule has 0 radical (unpaired) electrons. The average Bonchev–Trinajstić information content (AvgIpc) is 2.98. The fourth-order valence-electron chi connectivity index (χ4n) is 2.62. The first-order chi connectivity index (χ1) is 13.5. The van der Waals surface area contributed by atoms with Crippen LogP contribution in [0, 0.1) is 18.3 Å². The Labute approximate surface area is 172 Å². The molecular formula is C21H16Cl2N4O. The fourth-order valence-corrected chi connectivity index (χ4v) is 3.13. The van der Waals surface area contributed by atoms with Crippen LogP contribution in [0.25, 0.3) is 11.8 Å². The number of aryl methyl sites for hydroxylation is 1. The second-order valence-corrected chi connectivity index (χ2v) is 6.81. The zero-order valence-electron chi connectivity index (χ0n) is 15.0. The zero-order valence-corrected chi connectivity index (χ0v) is 16.5. The number of aromatic nitrogens is 2. The van der Waals surface area contributed by atoms with Gasteiger partial charge in [0.2, 0.25) is 0 Å². The Morgan fingerprint density at radius 1 is 1.21 bits per heavy atom. The predicted octanol–water partition coefficient (Wildman–Crippen LogP) is 4.71. The second kappa shape index (κ2) is 8.75. The SMILES string of the molecule is Cc1nn(-c2cccc(Cl)c2)c(Cl)c1/C=C(\C#N)C(=O)NCc1ccccc1. The van der Waals surface area contributed by atoms with E-state index < -0.39 is 5.91 Å². The first-order valence-corrected chi connectivity index (χ1v) is 9.20. The van der Waals surface area contributed by atoms with Gasteiger partial charge in [0.15, 0.2) is 0 Å². The molecule has 5 nitrogen and oxygen atoms in total. The van der Waals surface area contributed by atoms with Crippen LogP contribution in [-0.2, 0) is 11.3 Å². The van der Waals surface area contributed by atoms with Crippen molar-refractivity contribution < 1.29 is 4.79 Å². The molecule has 0 aliphatic rings.